The number of para-hydroxylation sites is 1. The Labute approximate surface area is 189 Å². The molecule has 1 fully saturated rings. The van der Waals surface area contributed by atoms with Gasteiger partial charge >= 0.3 is 18.0 Å². The highest BCUT2D eigenvalue weighted by atomic mass is 19.3. The van der Waals surface area contributed by atoms with Crippen LogP contribution >= 0.6 is 0 Å². The average Bonchev–Trinajstić information content (AvgIpc) is 3.27. The Bertz CT molecular complexity index is 1250. The molecule has 4 rings (SSSR count). The van der Waals surface area contributed by atoms with E-state index >= 15 is 0 Å². The van der Waals surface area contributed by atoms with E-state index < -0.39 is 48.9 Å². The van der Waals surface area contributed by atoms with Crippen molar-refractivity contribution >= 4 is 29.4 Å². The molecule has 1 unspecified atom stereocenters. The summed E-state index contributed by atoms with van der Waals surface area (Å²) in [5.41, 5.74) is 0.0425. The Morgan fingerprint density at radius 1 is 1.26 bits per heavy atom. The number of fused-ring (bicyclic) bond motifs is 1. The summed E-state index contributed by atoms with van der Waals surface area (Å²) in [6.45, 7) is -2.58. The molecule has 1 atom stereocenters. The zero-order chi connectivity index (χ0) is 24.3. The summed E-state index contributed by atoms with van der Waals surface area (Å²) >= 11 is 0. The number of anilines is 1. The maximum Gasteiger partial charge on any atom is 0.411 e. The standard InChI is InChI=1S/C20H17F3N6O5/c21-12-3-1-2-4-13(12)26-19(32)34-10-20(22,23)9-33-15-7-14(28-29-6-5-24-16(15)29)11-8-25-18(31)27-17(11)30/h1-7,11H,8-10H2,(H,26,32)(H2,25,27,30,31). The lowest BCUT2D eigenvalue weighted by atomic mass is 10.0. The third kappa shape index (κ3) is 5.16. The van der Waals surface area contributed by atoms with Gasteiger partial charge in [-0.05, 0) is 12.1 Å². The van der Waals surface area contributed by atoms with Crippen LogP contribution in [0, 0.1) is 5.82 Å². The van der Waals surface area contributed by atoms with Gasteiger partial charge in [0.25, 0.3) is 0 Å². The zero-order valence-corrected chi connectivity index (χ0v) is 17.3. The number of hydrogen-bond acceptors (Lipinski definition) is 7. The molecule has 4 amide bonds. The quantitative estimate of drug-likeness (QED) is 0.473. The predicted molar refractivity (Wildman–Crippen MR) is 109 cm³/mol. The van der Waals surface area contributed by atoms with E-state index in [2.05, 4.69) is 25.5 Å². The van der Waals surface area contributed by atoms with Gasteiger partial charge in [0, 0.05) is 25.0 Å². The van der Waals surface area contributed by atoms with E-state index in [4.69, 9.17) is 4.74 Å². The number of urea groups is 1. The van der Waals surface area contributed by atoms with Crippen molar-refractivity contribution in [3.05, 3.63) is 54.2 Å². The number of benzene rings is 1. The normalized spacial score (nSPS) is 16.0. The van der Waals surface area contributed by atoms with E-state index in [1.54, 1.807) is 0 Å². The first-order valence-corrected chi connectivity index (χ1v) is 9.84. The van der Waals surface area contributed by atoms with Gasteiger partial charge in [-0.2, -0.15) is 13.9 Å². The second kappa shape index (κ2) is 9.25. The number of amides is 4. The lowest BCUT2D eigenvalue weighted by molar-refractivity contribution is -0.122. The second-order valence-corrected chi connectivity index (χ2v) is 7.21. The van der Waals surface area contributed by atoms with Crippen LogP contribution in [-0.2, 0) is 9.53 Å². The summed E-state index contributed by atoms with van der Waals surface area (Å²) in [6.07, 6.45) is 1.52. The molecule has 0 spiro atoms. The molecule has 0 bridgehead atoms. The number of imide groups is 1. The fourth-order valence-electron chi connectivity index (χ4n) is 3.06. The molecule has 3 N–H and O–H groups in total. The topological polar surface area (TPSA) is 136 Å². The highest BCUT2D eigenvalue weighted by Gasteiger charge is 2.34. The van der Waals surface area contributed by atoms with Crippen molar-refractivity contribution in [3.63, 3.8) is 0 Å². The third-order valence-corrected chi connectivity index (χ3v) is 4.69. The third-order valence-electron chi connectivity index (χ3n) is 4.69. The van der Waals surface area contributed by atoms with E-state index in [9.17, 15) is 27.6 Å². The van der Waals surface area contributed by atoms with Gasteiger partial charge in [-0.1, -0.05) is 12.1 Å². The molecule has 1 saturated heterocycles. The van der Waals surface area contributed by atoms with Crippen molar-refractivity contribution in [2.24, 2.45) is 0 Å². The summed E-state index contributed by atoms with van der Waals surface area (Å²) in [7, 11) is 0. The van der Waals surface area contributed by atoms with Crippen molar-refractivity contribution in [1.82, 2.24) is 25.2 Å². The Balaban J connectivity index is 1.41. The van der Waals surface area contributed by atoms with Crippen LogP contribution in [0.15, 0.2) is 42.7 Å². The Morgan fingerprint density at radius 3 is 2.82 bits per heavy atom. The van der Waals surface area contributed by atoms with Crippen LogP contribution < -0.4 is 20.7 Å². The molecule has 1 aliphatic heterocycles. The number of rotatable bonds is 7. The summed E-state index contributed by atoms with van der Waals surface area (Å²) in [5, 5.41) is 10.8. The molecule has 0 saturated carbocycles. The molecule has 0 radical (unpaired) electrons. The number of nitrogens with zero attached hydrogens (tertiary/aromatic N) is 3. The van der Waals surface area contributed by atoms with E-state index in [0.29, 0.717) is 0 Å². The highest BCUT2D eigenvalue weighted by Crippen LogP contribution is 2.26. The molecule has 1 aliphatic rings. The van der Waals surface area contributed by atoms with Crippen molar-refractivity contribution in [1.29, 1.82) is 0 Å². The molecule has 1 aromatic carbocycles. The molecule has 3 heterocycles. The van der Waals surface area contributed by atoms with Crippen LogP contribution in [0.3, 0.4) is 0 Å². The number of halogens is 3. The predicted octanol–water partition coefficient (Wildman–Crippen LogP) is 2.05. The second-order valence-electron chi connectivity index (χ2n) is 7.21. The van der Waals surface area contributed by atoms with Crippen molar-refractivity contribution in [2.45, 2.75) is 11.8 Å². The molecule has 14 heteroatoms. The number of carbonyl (C=O) groups is 3. The fourth-order valence-corrected chi connectivity index (χ4v) is 3.06. The maximum atomic E-state index is 14.3. The number of nitrogens with one attached hydrogen (secondary N) is 3. The summed E-state index contributed by atoms with van der Waals surface area (Å²) < 4.78 is 53.2. The minimum Gasteiger partial charge on any atom is -0.483 e. The zero-order valence-electron chi connectivity index (χ0n) is 17.3. The lowest BCUT2D eigenvalue weighted by Gasteiger charge is -2.22. The molecule has 0 aliphatic carbocycles. The van der Waals surface area contributed by atoms with Gasteiger partial charge < -0.3 is 14.8 Å². The molecule has 3 aromatic rings. The molecule has 2 aromatic heterocycles. The van der Waals surface area contributed by atoms with Gasteiger partial charge in [0.05, 0.1) is 17.3 Å². The van der Waals surface area contributed by atoms with E-state index in [1.807, 2.05) is 5.32 Å². The number of carbonyl (C=O) groups excluding carboxylic acids is 3. The molecule has 11 nitrogen and oxygen atoms in total. The molecule has 178 valence electrons. The van der Waals surface area contributed by atoms with E-state index in [1.165, 1.54) is 41.2 Å². The van der Waals surface area contributed by atoms with Crippen LogP contribution in [0.4, 0.5) is 28.4 Å². The monoisotopic (exact) mass is 478 g/mol. The van der Waals surface area contributed by atoms with Crippen molar-refractivity contribution in [2.75, 3.05) is 25.1 Å². The minimum absolute atomic E-state index is 0.0432. The smallest absolute Gasteiger partial charge is 0.411 e. The summed E-state index contributed by atoms with van der Waals surface area (Å²) in [5.74, 6) is -5.96. The Hall–Kier alpha value is -4.36. The number of hydrogen-bond donors (Lipinski definition) is 3. The van der Waals surface area contributed by atoms with Crippen LogP contribution in [0.25, 0.3) is 5.65 Å². The summed E-state index contributed by atoms with van der Waals surface area (Å²) in [6, 6.07) is 5.79. The first kappa shape index (κ1) is 22.8. The lowest BCUT2D eigenvalue weighted by Crippen LogP contribution is -2.51. The maximum absolute atomic E-state index is 14.3. The van der Waals surface area contributed by atoms with Crippen LogP contribution in [-0.4, -0.2) is 58.3 Å². The van der Waals surface area contributed by atoms with Gasteiger partial charge in [-0.3, -0.25) is 15.4 Å². The summed E-state index contributed by atoms with van der Waals surface area (Å²) in [4.78, 5) is 39.1. The van der Waals surface area contributed by atoms with Crippen molar-refractivity contribution in [3.8, 4) is 5.75 Å². The van der Waals surface area contributed by atoms with Gasteiger partial charge in [-0.25, -0.2) is 23.5 Å². The Morgan fingerprint density at radius 2 is 2.06 bits per heavy atom. The molecule has 34 heavy (non-hydrogen) atoms. The fraction of sp³-hybridized carbons (Fsp3) is 0.250. The number of imidazole rings is 1. The SMILES string of the molecule is O=C1NCC(c2cc(OCC(F)(F)COC(=O)Nc3ccccc3F)c3nccn3n2)C(=O)N1. The number of aromatic nitrogens is 3. The van der Waals surface area contributed by atoms with Crippen molar-refractivity contribution < 1.29 is 37.0 Å². The van der Waals surface area contributed by atoms with Gasteiger partial charge in [0.1, 0.15) is 5.82 Å². The number of ether oxygens (including phenoxy) is 2. The average molecular weight is 478 g/mol. The first-order valence-electron chi connectivity index (χ1n) is 9.84. The van der Waals surface area contributed by atoms with Gasteiger partial charge in [0.2, 0.25) is 5.91 Å². The largest absolute Gasteiger partial charge is 0.483 e. The van der Waals surface area contributed by atoms with Gasteiger partial charge in [0.15, 0.2) is 24.6 Å². The van der Waals surface area contributed by atoms with Crippen LogP contribution in [0.2, 0.25) is 0 Å². The first-order chi connectivity index (χ1) is 16.2. The van der Waals surface area contributed by atoms with Crippen LogP contribution in [0.1, 0.15) is 11.6 Å². The number of alkyl halides is 2. The highest BCUT2D eigenvalue weighted by molar-refractivity contribution is 6.00. The Kier molecular flexibility index (Phi) is 6.21. The minimum atomic E-state index is -3.62. The van der Waals surface area contributed by atoms with E-state index in [-0.39, 0.29) is 29.3 Å². The molecular formula is C20H17F3N6O5. The van der Waals surface area contributed by atoms with Crippen LogP contribution in [0.5, 0.6) is 5.75 Å². The van der Waals surface area contributed by atoms with E-state index in [0.717, 1.165) is 6.07 Å². The van der Waals surface area contributed by atoms with Gasteiger partial charge in [-0.15, -0.1) is 0 Å². The molecular weight excluding hydrogens is 461 g/mol.